The Morgan fingerprint density at radius 3 is 2.47 bits per heavy atom. The van der Waals surface area contributed by atoms with Gasteiger partial charge in [-0.15, -0.1) is 0 Å². The maximum atomic E-state index is 12.1. The molecule has 0 saturated heterocycles. The van der Waals surface area contributed by atoms with Gasteiger partial charge in [-0.2, -0.15) is 11.8 Å². The van der Waals surface area contributed by atoms with Gasteiger partial charge in [0.1, 0.15) is 0 Å². The second-order valence-corrected chi connectivity index (χ2v) is 6.32. The van der Waals surface area contributed by atoms with Gasteiger partial charge in [0.2, 0.25) is 5.91 Å². The number of thioether (sulfide) groups is 1. The molecule has 19 heavy (non-hydrogen) atoms. The van der Waals surface area contributed by atoms with Crippen LogP contribution in [0.15, 0.2) is 0 Å². The van der Waals surface area contributed by atoms with Gasteiger partial charge in [-0.1, -0.05) is 32.6 Å². The summed E-state index contributed by atoms with van der Waals surface area (Å²) in [5, 5.41) is 12.3. The van der Waals surface area contributed by atoms with Crippen LogP contribution in [-0.4, -0.2) is 35.0 Å². The minimum Gasteiger partial charge on any atom is -0.481 e. The van der Waals surface area contributed by atoms with Gasteiger partial charge in [0.05, 0.1) is 5.92 Å². The van der Waals surface area contributed by atoms with Gasteiger partial charge >= 0.3 is 5.97 Å². The number of carbonyl (C=O) groups is 2. The van der Waals surface area contributed by atoms with Crippen molar-refractivity contribution >= 4 is 23.6 Å². The number of hydrogen-bond donors (Lipinski definition) is 2. The largest absolute Gasteiger partial charge is 0.481 e. The molecule has 0 spiro atoms. The second-order valence-electron chi connectivity index (χ2n) is 5.41. The van der Waals surface area contributed by atoms with Crippen LogP contribution in [0.25, 0.3) is 0 Å². The first-order valence-corrected chi connectivity index (χ1v) is 8.47. The molecule has 5 heteroatoms. The zero-order valence-corrected chi connectivity index (χ0v) is 12.7. The third-order valence-electron chi connectivity index (χ3n) is 3.78. The number of nitrogens with one attached hydrogen (secondary N) is 1. The van der Waals surface area contributed by atoms with Crippen LogP contribution in [0.5, 0.6) is 0 Å². The number of hydrogen-bond acceptors (Lipinski definition) is 3. The standard InChI is InChI=1S/C14H25NO3S/c1-10(9-19-2)13(16)15-12-8-6-4-3-5-7-11(12)14(17)18/h10-12H,3-9H2,1-2H3,(H,15,16)(H,17,18). The Kier molecular flexibility index (Phi) is 7.28. The molecule has 4 nitrogen and oxygen atoms in total. The maximum Gasteiger partial charge on any atom is 0.308 e. The van der Waals surface area contributed by atoms with Gasteiger partial charge < -0.3 is 10.4 Å². The summed E-state index contributed by atoms with van der Waals surface area (Å²) in [6, 6.07) is -0.199. The number of carboxylic acid groups (broad SMARTS) is 1. The summed E-state index contributed by atoms with van der Waals surface area (Å²) in [5.41, 5.74) is 0. The van der Waals surface area contributed by atoms with Crippen LogP contribution >= 0.6 is 11.8 Å². The van der Waals surface area contributed by atoms with E-state index in [1.165, 1.54) is 0 Å². The van der Waals surface area contributed by atoms with Crippen molar-refractivity contribution in [2.45, 2.75) is 51.5 Å². The number of amides is 1. The minimum absolute atomic E-state index is 0.00817. The predicted octanol–water partition coefficient (Wildman–Crippen LogP) is 2.53. The molecule has 1 aliphatic carbocycles. The van der Waals surface area contributed by atoms with Crippen LogP contribution in [0.3, 0.4) is 0 Å². The highest BCUT2D eigenvalue weighted by atomic mass is 32.2. The molecule has 1 amide bonds. The highest BCUT2D eigenvalue weighted by Gasteiger charge is 2.30. The van der Waals surface area contributed by atoms with E-state index >= 15 is 0 Å². The van der Waals surface area contributed by atoms with E-state index < -0.39 is 11.9 Å². The summed E-state index contributed by atoms with van der Waals surface area (Å²) in [5.74, 6) is -0.493. The van der Waals surface area contributed by atoms with Crippen molar-refractivity contribution in [3.63, 3.8) is 0 Å². The van der Waals surface area contributed by atoms with Crippen LogP contribution in [0.1, 0.15) is 45.4 Å². The maximum absolute atomic E-state index is 12.1. The molecular formula is C14H25NO3S. The molecule has 1 saturated carbocycles. The molecule has 0 aromatic heterocycles. The Morgan fingerprint density at radius 2 is 1.89 bits per heavy atom. The molecule has 0 bridgehead atoms. The lowest BCUT2D eigenvalue weighted by molar-refractivity contribution is -0.143. The van der Waals surface area contributed by atoms with E-state index in [1.807, 2.05) is 13.2 Å². The molecule has 1 aliphatic rings. The van der Waals surface area contributed by atoms with Crippen LogP contribution < -0.4 is 5.32 Å². The highest BCUT2D eigenvalue weighted by molar-refractivity contribution is 7.98. The Morgan fingerprint density at radius 1 is 1.26 bits per heavy atom. The monoisotopic (exact) mass is 287 g/mol. The first kappa shape index (κ1) is 16.3. The number of carboxylic acids is 1. The third-order valence-corrected chi connectivity index (χ3v) is 4.61. The summed E-state index contributed by atoms with van der Waals surface area (Å²) in [6.45, 7) is 1.89. The zero-order chi connectivity index (χ0) is 14.3. The van der Waals surface area contributed by atoms with Gasteiger partial charge in [0.25, 0.3) is 0 Å². The summed E-state index contributed by atoms with van der Waals surface area (Å²) >= 11 is 1.64. The van der Waals surface area contributed by atoms with E-state index in [0.29, 0.717) is 6.42 Å². The average Bonchev–Trinajstić information content (AvgIpc) is 2.32. The number of rotatable bonds is 5. The number of aliphatic carboxylic acids is 1. The lowest BCUT2D eigenvalue weighted by atomic mass is 9.86. The van der Waals surface area contributed by atoms with E-state index in [1.54, 1.807) is 11.8 Å². The van der Waals surface area contributed by atoms with E-state index in [9.17, 15) is 14.7 Å². The smallest absolute Gasteiger partial charge is 0.308 e. The Labute approximate surface area is 119 Å². The fourth-order valence-electron chi connectivity index (χ4n) is 2.60. The molecule has 2 N–H and O–H groups in total. The first-order valence-electron chi connectivity index (χ1n) is 7.08. The molecule has 0 aromatic carbocycles. The second kappa shape index (κ2) is 8.46. The van der Waals surface area contributed by atoms with Gasteiger partial charge in [0.15, 0.2) is 0 Å². The number of carbonyl (C=O) groups excluding carboxylic acids is 1. The zero-order valence-electron chi connectivity index (χ0n) is 11.9. The van der Waals surface area contributed by atoms with Crippen molar-refractivity contribution in [1.82, 2.24) is 5.32 Å². The van der Waals surface area contributed by atoms with E-state index in [-0.39, 0.29) is 17.9 Å². The van der Waals surface area contributed by atoms with Crippen LogP contribution in [0.2, 0.25) is 0 Å². The lowest BCUT2D eigenvalue weighted by Gasteiger charge is -2.28. The van der Waals surface area contributed by atoms with E-state index in [2.05, 4.69) is 5.32 Å². The van der Waals surface area contributed by atoms with Crippen LogP contribution in [0.4, 0.5) is 0 Å². The molecule has 3 unspecified atom stereocenters. The van der Waals surface area contributed by atoms with Crippen molar-refractivity contribution in [2.75, 3.05) is 12.0 Å². The topological polar surface area (TPSA) is 66.4 Å². The Hall–Kier alpha value is -0.710. The minimum atomic E-state index is -0.773. The third kappa shape index (κ3) is 5.43. The van der Waals surface area contributed by atoms with E-state index in [4.69, 9.17) is 0 Å². The molecule has 0 heterocycles. The fourth-order valence-corrected chi connectivity index (χ4v) is 3.25. The normalized spacial score (nSPS) is 26.0. The van der Waals surface area contributed by atoms with Crippen molar-refractivity contribution in [3.8, 4) is 0 Å². The summed E-state index contributed by atoms with van der Waals surface area (Å²) in [4.78, 5) is 23.4. The first-order chi connectivity index (χ1) is 9.06. The summed E-state index contributed by atoms with van der Waals surface area (Å²) in [6.07, 6.45) is 7.63. The van der Waals surface area contributed by atoms with Crippen molar-refractivity contribution in [1.29, 1.82) is 0 Å². The van der Waals surface area contributed by atoms with Gasteiger partial charge in [-0.3, -0.25) is 9.59 Å². The molecule has 1 rings (SSSR count). The predicted molar refractivity (Wildman–Crippen MR) is 78.3 cm³/mol. The SMILES string of the molecule is CSCC(C)C(=O)NC1CCCCCCC1C(=O)O. The molecule has 0 aliphatic heterocycles. The van der Waals surface area contributed by atoms with Crippen molar-refractivity contribution in [2.24, 2.45) is 11.8 Å². The van der Waals surface area contributed by atoms with Gasteiger partial charge in [0, 0.05) is 17.7 Å². The fraction of sp³-hybridized carbons (Fsp3) is 0.857. The Bertz CT molecular complexity index is 309. The molecule has 110 valence electrons. The molecule has 3 atom stereocenters. The highest BCUT2D eigenvalue weighted by Crippen LogP contribution is 2.23. The van der Waals surface area contributed by atoms with Crippen LogP contribution in [0, 0.1) is 11.8 Å². The average molecular weight is 287 g/mol. The van der Waals surface area contributed by atoms with Crippen molar-refractivity contribution < 1.29 is 14.7 Å². The van der Waals surface area contributed by atoms with Crippen LogP contribution in [-0.2, 0) is 9.59 Å². The van der Waals surface area contributed by atoms with Gasteiger partial charge in [-0.05, 0) is 19.1 Å². The summed E-state index contributed by atoms with van der Waals surface area (Å²) < 4.78 is 0. The molecule has 0 radical (unpaired) electrons. The molecule has 1 fully saturated rings. The van der Waals surface area contributed by atoms with Gasteiger partial charge in [-0.25, -0.2) is 0 Å². The summed E-state index contributed by atoms with van der Waals surface area (Å²) in [7, 11) is 0. The Balaban J connectivity index is 2.63. The quantitative estimate of drug-likeness (QED) is 0.815. The molecular weight excluding hydrogens is 262 g/mol. The lowest BCUT2D eigenvalue weighted by Crippen LogP contribution is -2.46. The van der Waals surface area contributed by atoms with Crippen molar-refractivity contribution in [3.05, 3.63) is 0 Å². The molecule has 0 aromatic rings. The van der Waals surface area contributed by atoms with E-state index in [0.717, 1.165) is 37.9 Å².